The van der Waals surface area contributed by atoms with Crippen LogP contribution in [0.2, 0.25) is 0 Å². The Hall–Kier alpha value is -1.42. The first-order valence-electron chi connectivity index (χ1n) is 3.29. The summed E-state index contributed by atoms with van der Waals surface area (Å²) < 4.78 is 1.72. The summed E-state index contributed by atoms with van der Waals surface area (Å²) >= 11 is 0. The summed E-state index contributed by atoms with van der Waals surface area (Å²) in [5, 5.41) is 3.92. The Bertz CT molecular complexity index is 284. The topological polar surface area (TPSA) is 56.2 Å². The lowest BCUT2D eigenvalue weighted by molar-refractivity contribution is 0.961. The summed E-state index contributed by atoms with van der Waals surface area (Å²) in [5.41, 5.74) is 5.39. The number of rotatable bonds is 0. The molecule has 58 valence electrons. The molecule has 0 aromatic carbocycles. The van der Waals surface area contributed by atoms with Crippen molar-refractivity contribution in [1.82, 2.24) is 14.6 Å². The van der Waals surface area contributed by atoms with E-state index in [1.807, 2.05) is 24.4 Å². The van der Waals surface area contributed by atoms with Crippen LogP contribution in [-0.4, -0.2) is 21.6 Å². The van der Waals surface area contributed by atoms with Gasteiger partial charge in [0, 0.05) is 6.20 Å². The van der Waals surface area contributed by atoms with Gasteiger partial charge in [-0.15, -0.1) is 0 Å². The maximum atomic E-state index is 4.50. The van der Waals surface area contributed by atoms with E-state index in [-0.39, 0.29) is 0 Å². The third kappa shape index (κ3) is 1.53. The fraction of sp³-hybridized carbons (Fsp3) is 0.143. The average molecular weight is 150 g/mol. The van der Waals surface area contributed by atoms with Crippen LogP contribution < -0.4 is 5.73 Å². The molecule has 11 heavy (non-hydrogen) atoms. The van der Waals surface area contributed by atoms with Crippen LogP contribution >= 0.6 is 0 Å². The standard InChI is InChI=1S/C6H5N3.CH5N/c1-2-4-9-6(3-1)7-5-8-9;1-2/h1-5H;2H2,1H3. The molecule has 0 aliphatic rings. The van der Waals surface area contributed by atoms with E-state index < -0.39 is 0 Å². The number of nitrogens with zero attached hydrogens (tertiary/aromatic N) is 3. The van der Waals surface area contributed by atoms with Crippen LogP contribution in [0.5, 0.6) is 0 Å². The van der Waals surface area contributed by atoms with Gasteiger partial charge in [-0.1, -0.05) is 6.07 Å². The molecule has 4 nitrogen and oxygen atoms in total. The first kappa shape index (κ1) is 7.68. The molecule has 0 atom stereocenters. The van der Waals surface area contributed by atoms with Crippen molar-refractivity contribution in [2.45, 2.75) is 0 Å². The highest BCUT2D eigenvalue weighted by atomic mass is 15.3. The maximum Gasteiger partial charge on any atom is 0.155 e. The molecule has 2 aromatic rings. The molecule has 0 unspecified atom stereocenters. The van der Waals surface area contributed by atoms with Gasteiger partial charge in [0.1, 0.15) is 6.33 Å². The number of hydrogen-bond donors (Lipinski definition) is 1. The normalized spacial score (nSPS) is 8.91. The van der Waals surface area contributed by atoms with Crippen molar-refractivity contribution in [3.05, 3.63) is 30.7 Å². The number of nitrogens with two attached hydrogens (primary N) is 1. The van der Waals surface area contributed by atoms with Gasteiger partial charge in [-0.05, 0) is 19.2 Å². The summed E-state index contributed by atoms with van der Waals surface area (Å²) in [6, 6.07) is 5.76. The predicted molar refractivity (Wildman–Crippen MR) is 43.1 cm³/mol. The third-order valence-corrected chi connectivity index (χ3v) is 1.18. The number of pyridine rings is 1. The van der Waals surface area contributed by atoms with Gasteiger partial charge in [-0.25, -0.2) is 9.50 Å². The summed E-state index contributed by atoms with van der Waals surface area (Å²) in [6.45, 7) is 0. The Kier molecular flexibility index (Phi) is 2.57. The van der Waals surface area contributed by atoms with Crippen LogP contribution in [0.4, 0.5) is 0 Å². The SMILES string of the molecule is CN.c1ccn2ncnc2c1. The number of aromatic nitrogens is 3. The predicted octanol–water partition coefficient (Wildman–Crippen LogP) is 0.304. The monoisotopic (exact) mass is 150 g/mol. The molecule has 4 heteroatoms. The van der Waals surface area contributed by atoms with Gasteiger partial charge in [0.15, 0.2) is 5.65 Å². The summed E-state index contributed by atoms with van der Waals surface area (Å²) in [6.07, 6.45) is 3.40. The van der Waals surface area contributed by atoms with Crippen molar-refractivity contribution >= 4 is 5.65 Å². The molecule has 0 saturated carbocycles. The molecule has 0 aliphatic carbocycles. The molecular weight excluding hydrogens is 140 g/mol. The fourth-order valence-electron chi connectivity index (χ4n) is 0.766. The third-order valence-electron chi connectivity index (χ3n) is 1.18. The van der Waals surface area contributed by atoms with E-state index in [9.17, 15) is 0 Å². The smallest absolute Gasteiger partial charge is 0.155 e. The largest absolute Gasteiger partial charge is 0.333 e. The second kappa shape index (κ2) is 3.68. The number of hydrogen-bond acceptors (Lipinski definition) is 3. The highest BCUT2D eigenvalue weighted by Gasteiger charge is 1.86. The van der Waals surface area contributed by atoms with Crippen LogP contribution in [-0.2, 0) is 0 Å². The zero-order valence-electron chi connectivity index (χ0n) is 6.31. The highest BCUT2D eigenvalue weighted by Crippen LogP contribution is 1.93. The second-order valence-electron chi connectivity index (χ2n) is 1.76. The minimum absolute atomic E-state index is 0.887. The lowest BCUT2D eigenvalue weighted by Crippen LogP contribution is -1.82. The summed E-state index contributed by atoms with van der Waals surface area (Å²) in [7, 11) is 1.50. The lowest BCUT2D eigenvalue weighted by Gasteiger charge is -1.84. The number of fused-ring (bicyclic) bond motifs is 1. The van der Waals surface area contributed by atoms with Crippen LogP contribution in [0, 0.1) is 0 Å². The van der Waals surface area contributed by atoms with E-state index in [0.29, 0.717) is 0 Å². The van der Waals surface area contributed by atoms with Crippen molar-refractivity contribution in [1.29, 1.82) is 0 Å². The molecule has 0 amide bonds. The van der Waals surface area contributed by atoms with Crippen molar-refractivity contribution in [2.75, 3.05) is 7.05 Å². The van der Waals surface area contributed by atoms with E-state index in [0.717, 1.165) is 5.65 Å². The van der Waals surface area contributed by atoms with E-state index in [2.05, 4.69) is 15.8 Å². The van der Waals surface area contributed by atoms with Crippen molar-refractivity contribution < 1.29 is 0 Å². The summed E-state index contributed by atoms with van der Waals surface area (Å²) in [5.74, 6) is 0. The van der Waals surface area contributed by atoms with Crippen LogP contribution in [0.25, 0.3) is 5.65 Å². The Morgan fingerprint density at radius 1 is 1.36 bits per heavy atom. The molecule has 0 fully saturated rings. The molecule has 0 aliphatic heterocycles. The van der Waals surface area contributed by atoms with Crippen LogP contribution in [0.15, 0.2) is 30.7 Å². The molecule has 0 saturated heterocycles. The molecular formula is C7H10N4. The quantitative estimate of drug-likeness (QED) is 0.587. The lowest BCUT2D eigenvalue weighted by atomic mass is 10.5. The van der Waals surface area contributed by atoms with E-state index in [1.54, 1.807) is 4.52 Å². The maximum absolute atomic E-state index is 4.50. The van der Waals surface area contributed by atoms with Crippen molar-refractivity contribution in [3.8, 4) is 0 Å². The van der Waals surface area contributed by atoms with E-state index in [1.165, 1.54) is 13.4 Å². The van der Waals surface area contributed by atoms with Crippen molar-refractivity contribution in [2.24, 2.45) is 5.73 Å². The van der Waals surface area contributed by atoms with E-state index >= 15 is 0 Å². The Morgan fingerprint density at radius 3 is 2.91 bits per heavy atom. The van der Waals surface area contributed by atoms with Crippen LogP contribution in [0.1, 0.15) is 0 Å². The highest BCUT2D eigenvalue weighted by molar-refractivity contribution is 5.34. The zero-order valence-corrected chi connectivity index (χ0v) is 6.31. The van der Waals surface area contributed by atoms with Crippen molar-refractivity contribution in [3.63, 3.8) is 0 Å². The molecule has 0 radical (unpaired) electrons. The first-order valence-corrected chi connectivity index (χ1v) is 3.29. The minimum Gasteiger partial charge on any atom is -0.333 e. The Balaban J connectivity index is 0.000000281. The van der Waals surface area contributed by atoms with Gasteiger partial charge >= 0.3 is 0 Å². The van der Waals surface area contributed by atoms with Gasteiger partial charge in [0.25, 0.3) is 0 Å². The molecule has 2 aromatic heterocycles. The van der Waals surface area contributed by atoms with E-state index in [4.69, 9.17) is 0 Å². The first-order chi connectivity index (χ1) is 5.47. The van der Waals surface area contributed by atoms with Crippen LogP contribution in [0.3, 0.4) is 0 Å². The van der Waals surface area contributed by atoms with Gasteiger partial charge < -0.3 is 5.73 Å². The second-order valence-corrected chi connectivity index (χ2v) is 1.76. The van der Waals surface area contributed by atoms with Gasteiger partial charge in [-0.3, -0.25) is 0 Å². The van der Waals surface area contributed by atoms with Gasteiger partial charge in [0.2, 0.25) is 0 Å². The molecule has 0 bridgehead atoms. The average Bonchev–Trinajstić information content (AvgIpc) is 2.55. The zero-order chi connectivity index (χ0) is 8.10. The van der Waals surface area contributed by atoms with Gasteiger partial charge in [-0.2, -0.15) is 5.10 Å². The molecule has 2 N–H and O–H groups in total. The Morgan fingerprint density at radius 2 is 2.18 bits per heavy atom. The minimum atomic E-state index is 0.887. The molecule has 0 spiro atoms. The van der Waals surface area contributed by atoms with Gasteiger partial charge in [0.05, 0.1) is 0 Å². The molecule has 2 rings (SSSR count). The summed E-state index contributed by atoms with van der Waals surface area (Å²) in [4.78, 5) is 3.97. The molecule has 2 heterocycles. The fourth-order valence-corrected chi connectivity index (χ4v) is 0.766. The Labute approximate surface area is 64.7 Å².